The number of pyridine rings is 1. The Bertz CT molecular complexity index is 1480. The topological polar surface area (TPSA) is 86.1 Å². The first-order valence-corrected chi connectivity index (χ1v) is 12.8. The van der Waals surface area contributed by atoms with Crippen molar-refractivity contribution in [3.63, 3.8) is 0 Å². The average molecular weight is 547 g/mol. The molecular weight excluding hydrogens is 524 g/mol. The fourth-order valence-corrected chi connectivity index (χ4v) is 5.44. The number of nitriles is 1. The molecule has 0 unspecified atom stereocenters. The number of hydrogen-bond donors (Lipinski definition) is 1. The molecule has 0 aliphatic heterocycles. The summed E-state index contributed by atoms with van der Waals surface area (Å²) < 4.78 is 0.911. The molecule has 35 heavy (non-hydrogen) atoms. The summed E-state index contributed by atoms with van der Waals surface area (Å²) in [5.41, 5.74) is 3.56. The van der Waals surface area contributed by atoms with Gasteiger partial charge in [-0.1, -0.05) is 46.3 Å². The zero-order chi connectivity index (χ0) is 25.1. The molecular formula is C27H23BrN4O2S. The van der Waals surface area contributed by atoms with Gasteiger partial charge in [0.2, 0.25) is 0 Å². The molecule has 6 nitrogen and oxygen atoms in total. The van der Waals surface area contributed by atoms with Gasteiger partial charge in [-0.15, -0.1) is 11.3 Å². The minimum absolute atomic E-state index is 0.138. The number of rotatable bonds is 6. The van der Waals surface area contributed by atoms with Crippen LogP contribution in [0.15, 0.2) is 59.1 Å². The number of nitrogens with one attached hydrogen (secondary N) is 1. The van der Waals surface area contributed by atoms with Crippen LogP contribution in [0.1, 0.15) is 45.0 Å². The Morgan fingerprint density at radius 1 is 1.11 bits per heavy atom. The Labute approximate surface area is 216 Å². The molecule has 4 aromatic rings. The van der Waals surface area contributed by atoms with Crippen molar-refractivity contribution in [2.75, 3.05) is 18.4 Å². The largest absolute Gasteiger partial charge is 0.338 e. The van der Waals surface area contributed by atoms with E-state index in [0.29, 0.717) is 56.3 Å². The van der Waals surface area contributed by atoms with Gasteiger partial charge in [0.05, 0.1) is 27.2 Å². The van der Waals surface area contributed by atoms with Crippen LogP contribution in [0.5, 0.6) is 0 Å². The molecule has 4 rings (SSSR count). The molecule has 2 aromatic carbocycles. The van der Waals surface area contributed by atoms with Crippen LogP contribution in [0.25, 0.3) is 22.2 Å². The second-order valence-electron chi connectivity index (χ2n) is 7.89. The number of fused-ring (bicyclic) bond motifs is 1. The molecule has 0 aliphatic rings. The number of amides is 2. The number of aromatic nitrogens is 1. The van der Waals surface area contributed by atoms with Crippen molar-refractivity contribution in [3.8, 4) is 17.3 Å². The van der Waals surface area contributed by atoms with Crippen LogP contribution in [0.3, 0.4) is 0 Å². The fourth-order valence-electron chi connectivity index (χ4n) is 3.92. The van der Waals surface area contributed by atoms with Crippen molar-refractivity contribution in [2.24, 2.45) is 0 Å². The fraction of sp³-hybridized carbons (Fsp3) is 0.185. The number of thiophene rings is 1. The molecule has 0 atom stereocenters. The maximum absolute atomic E-state index is 13.5. The number of carbonyl (C=O) groups excluding carboxylic acids is 2. The van der Waals surface area contributed by atoms with Crippen LogP contribution in [-0.4, -0.2) is 34.8 Å². The van der Waals surface area contributed by atoms with Crippen LogP contribution in [0.2, 0.25) is 0 Å². The second-order valence-corrected chi connectivity index (χ2v) is 9.82. The molecule has 0 saturated heterocycles. The Morgan fingerprint density at radius 2 is 1.86 bits per heavy atom. The predicted octanol–water partition coefficient (Wildman–Crippen LogP) is 6.64. The molecule has 1 N–H and O–H groups in total. The number of halogens is 1. The summed E-state index contributed by atoms with van der Waals surface area (Å²) >= 11 is 4.63. The van der Waals surface area contributed by atoms with E-state index in [1.54, 1.807) is 17.9 Å². The molecule has 0 saturated carbocycles. The van der Waals surface area contributed by atoms with Gasteiger partial charge < -0.3 is 10.2 Å². The van der Waals surface area contributed by atoms with E-state index in [2.05, 4.69) is 27.3 Å². The Morgan fingerprint density at radius 3 is 2.54 bits per heavy atom. The van der Waals surface area contributed by atoms with Gasteiger partial charge in [-0.3, -0.25) is 9.59 Å². The molecule has 176 valence electrons. The molecule has 2 amide bonds. The highest BCUT2D eigenvalue weighted by atomic mass is 79.9. The lowest BCUT2D eigenvalue weighted by Gasteiger charge is -2.17. The molecule has 2 heterocycles. The third-order valence-corrected chi connectivity index (χ3v) is 7.50. The Balaban J connectivity index is 1.77. The van der Waals surface area contributed by atoms with Crippen molar-refractivity contribution in [2.45, 2.75) is 20.8 Å². The van der Waals surface area contributed by atoms with E-state index >= 15 is 0 Å². The normalized spacial score (nSPS) is 10.7. The van der Waals surface area contributed by atoms with E-state index in [9.17, 15) is 14.9 Å². The van der Waals surface area contributed by atoms with E-state index in [1.165, 1.54) is 0 Å². The lowest BCUT2D eigenvalue weighted by Crippen LogP contribution is -2.30. The van der Waals surface area contributed by atoms with Crippen molar-refractivity contribution in [1.29, 1.82) is 5.26 Å². The number of benzene rings is 2. The quantitative estimate of drug-likeness (QED) is 0.293. The molecule has 0 fully saturated rings. The lowest BCUT2D eigenvalue weighted by atomic mass is 10.0. The van der Waals surface area contributed by atoms with Crippen LogP contribution < -0.4 is 5.32 Å². The number of nitrogens with zero attached hydrogens (tertiary/aromatic N) is 3. The number of anilines is 1. The maximum Gasteiger partial charge on any atom is 0.264 e. The molecule has 0 aliphatic carbocycles. The average Bonchev–Trinajstić information content (AvgIpc) is 3.18. The lowest BCUT2D eigenvalue weighted by molar-refractivity contribution is 0.0777. The van der Waals surface area contributed by atoms with Gasteiger partial charge >= 0.3 is 0 Å². The van der Waals surface area contributed by atoms with Gasteiger partial charge in [0.15, 0.2) is 0 Å². The number of para-hydroxylation sites is 1. The highest BCUT2D eigenvalue weighted by Crippen LogP contribution is 2.34. The Hall–Kier alpha value is -3.54. The highest BCUT2D eigenvalue weighted by molar-refractivity contribution is 9.10. The van der Waals surface area contributed by atoms with Gasteiger partial charge in [-0.05, 0) is 50.6 Å². The van der Waals surface area contributed by atoms with E-state index in [-0.39, 0.29) is 11.8 Å². The third-order valence-electron chi connectivity index (χ3n) is 5.81. The maximum atomic E-state index is 13.5. The summed E-state index contributed by atoms with van der Waals surface area (Å²) in [6.45, 7) is 6.70. The van der Waals surface area contributed by atoms with E-state index in [1.807, 2.05) is 62.4 Å². The highest BCUT2D eigenvalue weighted by Gasteiger charge is 2.25. The van der Waals surface area contributed by atoms with Crippen molar-refractivity contribution in [1.82, 2.24) is 9.88 Å². The summed E-state index contributed by atoms with van der Waals surface area (Å²) in [4.78, 5) is 33.4. The first kappa shape index (κ1) is 24.6. The summed E-state index contributed by atoms with van der Waals surface area (Å²) in [5.74, 6) is -0.500. The standard InChI is InChI=1S/C27H23BrN4O2S/c1-4-32(5-2)27(34)24-16(3)21(15-29)26(35-24)31-25(33)20-14-23(17-9-8-10-18(28)13-17)30-22-12-7-6-11-19(20)22/h6-14H,4-5H2,1-3H3,(H,31,33). The second kappa shape index (κ2) is 10.4. The first-order valence-electron chi connectivity index (χ1n) is 11.2. The zero-order valence-electron chi connectivity index (χ0n) is 19.6. The molecule has 2 aromatic heterocycles. The van der Waals surface area contributed by atoms with Crippen LogP contribution >= 0.6 is 27.3 Å². The van der Waals surface area contributed by atoms with Crippen LogP contribution in [0, 0.1) is 18.3 Å². The van der Waals surface area contributed by atoms with E-state index in [0.717, 1.165) is 21.4 Å². The summed E-state index contributed by atoms with van der Waals surface area (Å²) in [5, 5.41) is 13.8. The van der Waals surface area contributed by atoms with Gasteiger partial charge in [0, 0.05) is 28.5 Å². The van der Waals surface area contributed by atoms with E-state index in [4.69, 9.17) is 4.98 Å². The summed E-state index contributed by atoms with van der Waals surface area (Å²) in [7, 11) is 0. The van der Waals surface area contributed by atoms with Gasteiger partial charge in [-0.2, -0.15) is 5.26 Å². The number of carbonyl (C=O) groups is 2. The van der Waals surface area contributed by atoms with Crippen LogP contribution in [0.4, 0.5) is 5.00 Å². The molecule has 0 bridgehead atoms. The summed E-state index contributed by atoms with van der Waals surface area (Å²) in [6, 6.07) is 19.1. The predicted molar refractivity (Wildman–Crippen MR) is 144 cm³/mol. The monoisotopic (exact) mass is 546 g/mol. The van der Waals surface area contributed by atoms with Gasteiger partial charge in [0.1, 0.15) is 11.1 Å². The molecule has 0 radical (unpaired) electrons. The third kappa shape index (κ3) is 4.83. The molecule has 8 heteroatoms. The summed E-state index contributed by atoms with van der Waals surface area (Å²) in [6.07, 6.45) is 0. The first-order chi connectivity index (χ1) is 16.9. The van der Waals surface area contributed by atoms with Crippen molar-refractivity contribution < 1.29 is 9.59 Å². The SMILES string of the molecule is CCN(CC)C(=O)c1sc(NC(=O)c2cc(-c3cccc(Br)c3)nc3ccccc23)c(C#N)c1C. The zero-order valence-corrected chi connectivity index (χ0v) is 22.0. The van der Waals surface area contributed by atoms with Gasteiger partial charge in [-0.25, -0.2) is 4.98 Å². The van der Waals surface area contributed by atoms with Crippen molar-refractivity contribution >= 4 is 55.0 Å². The molecule has 0 spiro atoms. The Kier molecular flexibility index (Phi) is 7.29. The smallest absolute Gasteiger partial charge is 0.264 e. The van der Waals surface area contributed by atoms with Gasteiger partial charge in [0.25, 0.3) is 11.8 Å². The minimum atomic E-state index is -0.362. The van der Waals surface area contributed by atoms with E-state index < -0.39 is 0 Å². The number of hydrogen-bond acceptors (Lipinski definition) is 5. The van der Waals surface area contributed by atoms with Crippen molar-refractivity contribution in [3.05, 3.63) is 80.6 Å². The minimum Gasteiger partial charge on any atom is -0.338 e. The van der Waals surface area contributed by atoms with Crippen LogP contribution in [-0.2, 0) is 0 Å².